The summed E-state index contributed by atoms with van der Waals surface area (Å²) in [5, 5.41) is 17.8. The Morgan fingerprint density at radius 3 is 2.94 bits per heavy atom. The Labute approximate surface area is 104 Å². The molecule has 2 rings (SSSR count). The maximum Gasteiger partial charge on any atom is 0.257 e. The van der Waals surface area contributed by atoms with E-state index in [0.717, 1.165) is 11.1 Å². The highest BCUT2D eigenvalue weighted by Gasteiger charge is 2.12. The molecule has 0 atom stereocenters. The molecule has 1 heterocycles. The van der Waals surface area contributed by atoms with Gasteiger partial charge < -0.3 is 5.32 Å². The lowest BCUT2D eigenvalue weighted by molar-refractivity contribution is 0.102. The molecule has 0 spiro atoms. The highest BCUT2D eigenvalue weighted by atomic mass is 16.1. The largest absolute Gasteiger partial charge is 0.306 e. The molecule has 18 heavy (non-hydrogen) atoms. The lowest BCUT2D eigenvalue weighted by Crippen LogP contribution is -2.14. The maximum absolute atomic E-state index is 12.1. The third-order valence-corrected chi connectivity index (χ3v) is 2.64. The van der Waals surface area contributed by atoms with E-state index < -0.39 is 0 Å². The number of amides is 1. The minimum Gasteiger partial charge on any atom is -0.306 e. The van der Waals surface area contributed by atoms with E-state index in [1.165, 1.54) is 6.20 Å². The highest BCUT2D eigenvalue weighted by molar-refractivity contribution is 6.05. The first-order valence-corrected chi connectivity index (χ1v) is 5.44. The molecule has 0 bridgehead atoms. The van der Waals surface area contributed by atoms with Crippen molar-refractivity contribution in [3.8, 4) is 6.07 Å². The van der Waals surface area contributed by atoms with Crippen molar-refractivity contribution >= 4 is 11.7 Å². The highest BCUT2D eigenvalue weighted by Crippen LogP contribution is 2.14. The maximum atomic E-state index is 12.1. The Morgan fingerprint density at radius 2 is 2.22 bits per heavy atom. The summed E-state index contributed by atoms with van der Waals surface area (Å²) in [6.45, 7) is 3.79. The Morgan fingerprint density at radius 1 is 1.44 bits per heavy atom. The number of anilines is 1. The Bertz CT molecular complexity index is 637. The minimum atomic E-state index is -0.253. The molecule has 0 aliphatic carbocycles. The van der Waals surface area contributed by atoms with Crippen molar-refractivity contribution in [1.29, 1.82) is 5.26 Å². The number of benzene rings is 1. The lowest BCUT2D eigenvalue weighted by atomic mass is 10.1. The van der Waals surface area contributed by atoms with Crippen molar-refractivity contribution < 1.29 is 4.79 Å². The molecular formula is C13H12N4O. The summed E-state index contributed by atoms with van der Waals surface area (Å²) in [6, 6.07) is 7.60. The molecule has 1 aromatic carbocycles. The SMILES string of the molecule is Cc1ccc(C)c(C(=O)Nc2[nH]ncc2C#N)c1. The Balaban J connectivity index is 2.28. The van der Waals surface area contributed by atoms with Gasteiger partial charge in [0.2, 0.25) is 0 Å². The van der Waals surface area contributed by atoms with Crippen LogP contribution >= 0.6 is 0 Å². The molecule has 0 saturated heterocycles. The minimum absolute atomic E-state index is 0.253. The van der Waals surface area contributed by atoms with Gasteiger partial charge in [-0.2, -0.15) is 10.4 Å². The van der Waals surface area contributed by atoms with Gasteiger partial charge >= 0.3 is 0 Å². The number of nitrogens with zero attached hydrogens (tertiary/aromatic N) is 2. The van der Waals surface area contributed by atoms with Gasteiger partial charge in [0.05, 0.1) is 6.20 Å². The smallest absolute Gasteiger partial charge is 0.257 e. The molecular weight excluding hydrogens is 228 g/mol. The number of carbonyl (C=O) groups is 1. The number of H-pyrrole nitrogens is 1. The molecule has 0 fully saturated rings. The molecule has 0 aliphatic heterocycles. The van der Waals surface area contributed by atoms with Crippen LogP contribution < -0.4 is 5.32 Å². The van der Waals surface area contributed by atoms with Crippen LogP contribution in [0.2, 0.25) is 0 Å². The summed E-state index contributed by atoms with van der Waals surface area (Å²) in [6.07, 6.45) is 1.37. The van der Waals surface area contributed by atoms with Gasteiger partial charge in [-0.05, 0) is 25.5 Å². The molecule has 5 heteroatoms. The van der Waals surface area contributed by atoms with E-state index in [1.54, 1.807) is 0 Å². The van der Waals surface area contributed by atoms with Gasteiger partial charge in [-0.3, -0.25) is 9.89 Å². The van der Waals surface area contributed by atoms with E-state index in [9.17, 15) is 4.79 Å². The summed E-state index contributed by atoms with van der Waals surface area (Å²) < 4.78 is 0. The zero-order valence-corrected chi connectivity index (χ0v) is 10.1. The normalized spacial score (nSPS) is 9.83. The third-order valence-electron chi connectivity index (χ3n) is 2.64. The summed E-state index contributed by atoms with van der Waals surface area (Å²) in [7, 11) is 0. The van der Waals surface area contributed by atoms with Gasteiger partial charge in [-0.15, -0.1) is 0 Å². The zero-order valence-electron chi connectivity index (χ0n) is 10.1. The Hall–Kier alpha value is -2.61. The van der Waals surface area contributed by atoms with E-state index in [-0.39, 0.29) is 5.91 Å². The summed E-state index contributed by atoms with van der Waals surface area (Å²) in [5.41, 5.74) is 2.80. The number of rotatable bonds is 2. The number of aromatic amines is 1. The third kappa shape index (κ3) is 2.23. The quantitative estimate of drug-likeness (QED) is 0.843. The molecule has 5 nitrogen and oxygen atoms in total. The van der Waals surface area contributed by atoms with Crippen LogP contribution in [0.15, 0.2) is 24.4 Å². The van der Waals surface area contributed by atoms with Crippen molar-refractivity contribution in [2.45, 2.75) is 13.8 Å². The second-order valence-electron chi connectivity index (χ2n) is 4.04. The average Bonchev–Trinajstić information content (AvgIpc) is 2.79. The van der Waals surface area contributed by atoms with Crippen LogP contribution in [0, 0.1) is 25.2 Å². The number of nitriles is 1. The van der Waals surface area contributed by atoms with Gasteiger partial charge in [0.25, 0.3) is 5.91 Å². The molecule has 0 radical (unpaired) electrons. The van der Waals surface area contributed by atoms with Crippen LogP contribution in [0.5, 0.6) is 0 Å². The first-order chi connectivity index (χ1) is 8.61. The van der Waals surface area contributed by atoms with Crippen LogP contribution in [0.4, 0.5) is 5.82 Å². The summed E-state index contributed by atoms with van der Waals surface area (Å²) >= 11 is 0. The topological polar surface area (TPSA) is 81.6 Å². The zero-order chi connectivity index (χ0) is 13.1. The molecule has 0 saturated carbocycles. The standard InChI is InChI=1S/C13H12N4O/c1-8-3-4-9(2)11(5-8)13(18)16-12-10(6-14)7-15-17-12/h3-5,7H,1-2H3,(H2,15,16,17,18). The molecule has 1 amide bonds. The number of carbonyl (C=O) groups excluding carboxylic acids is 1. The van der Waals surface area contributed by atoms with Crippen LogP contribution in [0.25, 0.3) is 0 Å². The van der Waals surface area contributed by atoms with E-state index in [0.29, 0.717) is 16.9 Å². The monoisotopic (exact) mass is 240 g/mol. The molecule has 0 unspecified atom stereocenters. The first kappa shape index (κ1) is 11.9. The van der Waals surface area contributed by atoms with Gasteiger partial charge in [0, 0.05) is 5.56 Å². The van der Waals surface area contributed by atoms with Gasteiger partial charge in [0.15, 0.2) is 0 Å². The number of nitrogens with one attached hydrogen (secondary N) is 2. The molecule has 0 aliphatic rings. The molecule has 90 valence electrons. The van der Waals surface area contributed by atoms with E-state index in [1.807, 2.05) is 38.1 Å². The van der Waals surface area contributed by atoms with Crippen LogP contribution in [-0.2, 0) is 0 Å². The summed E-state index contributed by atoms with van der Waals surface area (Å²) in [4.78, 5) is 12.1. The van der Waals surface area contributed by atoms with E-state index >= 15 is 0 Å². The molecule has 2 aromatic rings. The van der Waals surface area contributed by atoms with Crippen LogP contribution in [-0.4, -0.2) is 16.1 Å². The second-order valence-corrected chi connectivity index (χ2v) is 4.04. The second kappa shape index (κ2) is 4.72. The fraction of sp³-hybridized carbons (Fsp3) is 0.154. The van der Waals surface area contributed by atoms with Gasteiger partial charge in [0.1, 0.15) is 17.5 Å². The molecule has 1 aromatic heterocycles. The average molecular weight is 240 g/mol. The van der Waals surface area contributed by atoms with Gasteiger partial charge in [-0.1, -0.05) is 17.7 Å². The Kier molecular flexibility index (Phi) is 3.11. The van der Waals surface area contributed by atoms with Crippen molar-refractivity contribution in [2.75, 3.05) is 5.32 Å². The van der Waals surface area contributed by atoms with Crippen molar-refractivity contribution in [3.05, 3.63) is 46.6 Å². The number of hydrogen-bond donors (Lipinski definition) is 2. The number of aryl methyl sites for hydroxylation is 2. The van der Waals surface area contributed by atoms with E-state index in [4.69, 9.17) is 5.26 Å². The van der Waals surface area contributed by atoms with Crippen molar-refractivity contribution in [2.24, 2.45) is 0 Å². The predicted octanol–water partition coefficient (Wildman–Crippen LogP) is 2.15. The number of aromatic nitrogens is 2. The summed E-state index contributed by atoms with van der Waals surface area (Å²) in [5.74, 6) is 0.0698. The predicted molar refractivity (Wildman–Crippen MR) is 67.2 cm³/mol. The fourth-order valence-electron chi connectivity index (χ4n) is 1.63. The van der Waals surface area contributed by atoms with Crippen molar-refractivity contribution in [1.82, 2.24) is 10.2 Å². The van der Waals surface area contributed by atoms with Gasteiger partial charge in [-0.25, -0.2) is 0 Å². The van der Waals surface area contributed by atoms with Crippen LogP contribution in [0.3, 0.4) is 0 Å². The number of hydrogen-bond acceptors (Lipinski definition) is 3. The van der Waals surface area contributed by atoms with Crippen LogP contribution in [0.1, 0.15) is 27.0 Å². The van der Waals surface area contributed by atoms with E-state index in [2.05, 4.69) is 15.5 Å². The van der Waals surface area contributed by atoms with Crippen molar-refractivity contribution in [3.63, 3.8) is 0 Å². The molecule has 2 N–H and O–H groups in total. The fourth-order valence-corrected chi connectivity index (χ4v) is 1.63. The first-order valence-electron chi connectivity index (χ1n) is 5.44. The lowest BCUT2D eigenvalue weighted by Gasteiger charge is -2.07.